The van der Waals surface area contributed by atoms with Crippen molar-refractivity contribution in [1.29, 1.82) is 0 Å². The van der Waals surface area contributed by atoms with E-state index in [0.717, 1.165) is 38.4 Å². The van der Waals surface area contributed by atoms with E-state index in [9.17, 15) is 8.42 Å². The molecule has 1 fully saturated rings. The van der Waals surface area contributed by atoms with E-state index in [0.29, 0.717) is 23.6 Å². The van der Waals surface area contributed by atoms with Gasteiger partial charge in [-0.1, -0.05) is 23.4 Å². The number of thiophene rings is 1. The van der Waals surface area contributed by atoms with Gasteiger partial charge in [0.15, 0.2) is 0 Å². The number of halogens is 1. The van der Waals surface area contributed by atoms with Crippen molar-refractivity contribution in [2.75, 3.05) is 50.8 Å². The number of fused-ring (bicyclic) bond motifs is 2. The molecule has 0 amide bonds. The molecule has 2 aliphatic heterocycles. The lowest BCUT2D eigenvalue weighted by Gasteiger charge is -2.25. The molecule has 0 spiro atoms. The lowest BCUT2D eigenvalue weighted by molar-refractivity contribution is 0.0212. The van der Waals surface area contributed by atoms with Crippen LogP contribution in [0.15, 0.2) is 45.1 Å². The molecule has 1 saturated heterocycles. The Kier molecular flexibility index (Phi) is 6.61. The van der Waals surface area contributed by atoms with Crippen LogP contribution >= 0.6 is 23.7 Å². The minimum Gasteiger partial charge on any atom is -0.394 e. The maximum atomic E-state index is 12.9. The first kappa shape index (κ1) is 21.1. The molecule has 2 aliphatic rings. The van der Waals surface area contributed by atoms with Crippen LogP contribution in [0.1, 0.15) is 11.1 Å². The summed E-state index contributed by atoms with van der Waals surface area (Å²) in [6.07, 6.45) is 0. The molecule has 1 aromatic carbocycles. The summed E-state index contributed by atoms with van der Waals surface area (Å²) in [6, 6.07) is 7.35. The van der Waals surface area contributed by atoms with Gasteiger partial charge in [-0.2, -0.15) is 11.3 Å². The number of anilines is 1. The Labute approximate surface area is 175 Å². The molecule has 2 aromatic rings. The van der Waals surface area contributed by atoms with E-state index in [1.165, 1.54) is 15.6 Å². The molecular formula is C18H22ClN3O4S2. The monoisotopic (exact) mass is 443 g/mol. The van der Waals surface area contributed by atoms with Crippen LogP contribution in [-0.4, -0.2) is 65.5 Å². The third-order valence-corrected chi connectivity index (χ3v) is 7.48. The van der Waals surface area contributed by atoms with Crippen LogP contribution in [0.4, 0.5) is 5.69 Å². The zero-order valence-corrected chi connectivity index (χ0v) is 17.9. The van der Waals surface area contributed by atoms with Crippen molar-refractivity contribution in [3.05, 3.63) is 46.2 Å². The van der Waals surface area contributed by atoms with Gasteiger partial charge in [0.25, 0.3) is 10.0 Å². The molecule has 152 valence electrons. The Bertz CT molecular complexity index is 955. The number of sulfonamides is 1. The molecule has 0 aliphatic carbocycles. The first-order valence-corrected chi connectivity index (χ1v) is 11.1. The highest BCUT2D eigenvalue weighted by Gasteiger charge is 2.34. The molecule has 0 unspecified atom stereocenters. The van der Waals surface area contributed by atoms with Crippen molar-refractivity contribution in [1.82, 2.24) is 4.90 Å². The zero-order chi connectivity index (χ0) is 18.9. The van der Waals surface area contributed by atoms with Gasteiger partial charge in [-0.15, -0.1) is 12.4 Å². The highest BCUT2D eigenvalue weighted by atomic mass is 35.5. The number of ether oxygens (including phenoxy) is 1. The van der Waals surface area contributed by atoms with Crippen molar-refractivity contribution in [2.45, 2.75) is 4.90 Å². The number of benzene rings is 1. The topological polar surface area (TPSA) is 71.4 Å². The molecule has 0 radical (unpaired) electrons. The van der Waals surface area contributed by atoms with Gasteiger partial charge >= 0.3 is 0 Å². The van der Waals surface area contributed by atoms with Crippen molar-refractivity contribution < 1.29 is 18.0 Å². The van der Waals surface area contributed by atoms with E-state index in [2.05, 4.69) is 10.1 Å². The second kappa shape index (κ2) is 8.79. The first-order chi connectivity index (χ1) is 13.1. The van der Waals surface area contributed by atoms with Gasteiger partial charge < -0.3 is 9.57 Å². The van der Waals surface area contributed by atoms with E-state index >= 15 is 0 Å². The van der Waals surface area contributed by atoms with E-state index in [1.807, 2.05) is 23.6 Å². The average molecular weight is 444 g/mol. The van der Waals surface area contributed by atoms with Gasteiger partial charge in [0.05, 0.1) is 18.9 Å². The Hall–Kier alpha value is -1.65. The zero-order valence-electron chi connectivity index (χ0n) is 15.4. The number of rotatable bonds is 4. The van der Waals surface area contributed by atoms with Gasteiger partial charge in [-0.05, 0) is 6.07 Å². The molecule has 28 heavy (non-hydrogen) atoms. The largest absolute Gasteiger partial charge is 0.394 e. The smallest absolute Gasteiger partial charge is 0.265 e. The van der Waals surface area contributed by atoms with Crippen molar-refractivity contribution in [2.24, 2.45) is 5.16 Å². The first-order valence-electron chi connectivity index (χ1n) is 8.74. The minimum absolute atomic E-state index is 0. The van der Waals surface area contributed by atoms with Crippen LogP contribution < -0.4 is 4.31 Å². The fourth-order valence-corrected chi connectivity index (χ4v) is 5.80. The second-order valence-electron chi connectivity index (χ2n) is 6.37. The van der Waals surface area contributed by atoms with Gasteiger partial charge in [-0.3, -0.25) is 9.21 Å². The summed E-state index contributed by atoms with van der Waals surface area (Å²) in [5.41, 5.74) is 2.47. The Morgan fingerprint density at radius 3 is 2.71 bits per heavy atom. The van der Waals surface area contributed by atoms with Crippen LogP contribution in [0.25, 0.3) is 0 Å². The molecule has 0 saturated carbocycles. The predicted octanol–water partition coefficient (Wildman–Crippen LogP) is 2.41. The lowest BCUT2D eigenvalue weighted by atomic mass is 10.0. The summed E-state index contributed by atoms with van der Waals surface area (Å²) in [5.74, 6) is 0. The lowest BCUT2D eigenvalue weighted by Crippen LogP contribution is -2.38. The van der Waals surface area contributed by atoms with Gasteiger partial charge in [-0.25, -0.2) is 8.42 Å². The molecule has 4 rings (SSSR count). The highest BCUT2D eigenvalue weighted by Crippen LogP contribution is 2.36. The molecule has 7 nitrogen and oxygen atoms in total. The summed E-state index contributed by atoms with van der Waals surface area (Å²) in [7, 11) is -2.06. The maximum absolute atomic E-state index is 12.9. The Morgan fingerprint density at radius 2 is 1.93 bits per heavy atom. The number of hydrogen-bond donors (Lipinski definition) is 0. The highest BCUT2D eigenvalue weighted by molar-refractivity contribution is 7.93. The third-order valence-electron chi connectivity index (χ3n) is 4.78. The van der Waals surface area contributed by atoms with E-state index < -0.39 is 10.0 Å². The maximum Gasteiger partial charge on any atom is 0.265 e. The molecule has 3 heterocycles. The number of nitrogens with zero attached hydrogens (tertiary/aromatic N) is 3. The van der Waals surface area contributed by atoms with Gasteiger partial charge in [0, 0.05) is 48.6 Å². The van der Waals surface area contributed by atoms with Crippen molar-refractivity contribution in [3.8, 4) is 0 Å². The summed E-state index contributed by atoms with van der Waals surface area (Å²) in [5, 5.41) is 7.82. The number of para-hydroxylation sites is 1. The standard InChI is InChI=1S/C18H21N3O4S2.ClH/c1-20-16-5-3-2-4-14(16)18(15-12-26-13-17(15)27(20,22)23)19-25-11-8-21-6-9-24-10-7-21;/h2-5,12-13H,6-11H2,1H3;1H/b19-18+;. The number of hydrogen-bond acceptors (Lipinski definition) is 7. The van der Waals surface area contributed by atoms with Crippen LogP contribution in [-0.2, 0) is 19.6 Å². The van der Waals surface area contributed by atoms with Gasteiger partial charge in [0.2, 0.25) is 0 Å². The SMILES string of the molecule is CN1c2ccccc2/C(=N\OCCN2CCOCC2)c2cscc2S1(=O)=O.Cl. The number of oxime groups is 1. The van der Waals surface area contributed by atoms with Crippen molar-refractivity contribution >= 4 is 45.2 Å². The number of morpholine rings is 1. The Balaban J connectivity index is 0.00000225. The fraction of sp³-hybridized carbons (Fsp3) is 0.389. The summed E-state index contributed by atoms with van der Waals surface area (Å²) in [6.45, 7) is 4.46. The molecule has 10 heteroatoms. The summed E-state index contributed by atoms with van der Waals surface area (Å²) in [4.78, 5) is 8.14. The molecule has 0 bridgehead atoms. The average Bonchev–Trinajstić information content (AvgIpc) is 3.16. The normalized spacial score (nSPS) is 20.0. The van der Waals surface area contributed by atoms with Crippen LogP contribution in [0.3, 0.4) is 0 Å². The molecule has 1 aromatic heterocycles. The van der Waals surface area contributed by atoms with Crippen LogP contribution in [0.5, 0.6) is 0 Å². The second-order valence-corrected chi connectivity index (χ2v) is 9.05. The molecule has 0 N–H and O–H groups in total. The summed E-state index contributed by atoms with van der Waals surface area (Å²) < 4.78 is 32.5. The predicted molar refractivity (Wildman–Crippen MR) is 112 cm³/mol. The minimum atomic E-state index is -3.62. The summed E-state index contributed by atoms with van der Waals surface area (Å²) >= 11 is 1.34. The van der Waals surface area contributed by atoms with Gasteiger partial charge in [0.1, 0.15) is 17.2 Å². The fourth-order valence-electron chi connectivity index (χ4n) is 3.23. The van der Waals surface area contributed by atoms with E-state index in [4.69, 9.17) is 9.57 Å². The van der Waals surface area contributed by atoms with E-state index in [1.54, 1.807) is 18.5 Å². The molecule has 0 atom stereocenters. The third kappa shape index (κ3) is 3.90. The van der Waals surface area contributed by atoms with Crippen molar-refractivity contribution in [3.63, 3.8) is 0 Å². The Morgan fingerprint density at radius 1 is 1.18 bits per heavy atom. The van der Waals surface area contributed by atoms with Crippen LogP contribution in [0, 0.1) is 0 Å². The quantitative estimate of drug-likeness (QED) is 0.536. The van der Waals surface area contributed by atoms with E-state index in [-0.39, 0.29) is 17.3 Å². The molecular weight excluding hydrogens is 422 g/mol. The van der Waals surface area contributed by atoms with Crippen LogP contribution in [0.2, 0.25) is 0 Å².